The maximum Gasteiger partial charge on any atom is 0.255 e. The van der Waals surface area contributed by atoms with Gasteiger partial charge in [0.05, 0.1) is 11.6 Å². The molecule has 0 unspecified atom stereocenters. The second-order valence-corrected chi connectivity index (χ2v) is 11.0. The third-order valence-electron chi connectivity index (χ3n) is 8.57. The summed E-state index contributed by atoms with van der Waals surface area (Å²) in [4.78, 5) is 42.5. The highest BCUT2D eigenvalue weighted by atomic mass is 19.1. The SMILES string of the molecule is CCN(Cc1cc(O)c2c(c1F)C[C@H]1C[C@H]3[C@H](N(C)C)C(=O)C(C(N)=O)=C(O)[C@@]3(O)C(=O)C1=C2O)C1CC1. The molecular formula is C27H32FN3O7. The zero-order valence-corrected chi connectivity index (χ0v) is 21.5. The number of likely N-dealkylation sites (N-methyl/N-ethyl adjacent to an activating group) is 1. The summed E-state index contributed by atoms with van der Waals surface area (Å²) in [7, 11) is 3.05. The number of amides is 1. The molecule has 2 fully saturated rings. The van der Waals surface area contributed by atoms with Gasteiger partial charge >= 0.3 is 0 Å². The Morgan fingerprint density at radius 1 is 1.21 bits per heavy atom. The molecule has 38 heavy (non-hydrogen) atoms. The van der Waals surface area contributed by atoms with Crippen LogP contribution in [0.25, 0.3) is 5.76 Å². The van der Waals surface area contributed by atoms with Crippen molar-refractivity contribution in [3.8, 4) is 5.75 Å². The third-order valence-corrected chi connectivity index (χ3v) is 8.57. The topological polar surface area (TPSA) is 165 Å². The molecule has 204 valence electrons. The molecule has 11 heteroatoms. The maximum atomic E-state index is 15.9. The molecule has 6 N–H and O–H groups in total. The van der Waals surface area contributed by atoms with E-state index >= 15 is 4.39 Å². The molecule has 0 heterocycles. The van der Waals surface area contributed by atoms with Crippen LogP contribution in [0.15, 0.2) is 23.0 Å². The molecule has 1 aromatic rings. The average Bonchev–Trinajstić information content (AvgIpc) is 3.67. The van der Waals surface area contributed by atoms with E-state index < -0.39 is 69.6 Å². The molecule has 1 amide bonds. The zero-order valence-electron chi connectivity index (χ0n) is 21.5. The first-order chi connectivity index (χ1) is 17.8. The van der Waals surface area contributed by atoms with E-state index in [1.54, 1.807) is 0 Å². The number of rotatable bonds is 6. The molecular weight excluding hydrogens is 497 g/mol. The Morgan fingerprint density at radius 2 is 1.87 bits per heavy atom. The van der Waals surface area contributed by atoms with Crippen LogP contribution in [0.5, 0.6) is 5.75 Å². The molecule has 1 aromatic carbocycles. The van der Waals surface area contributed by atoms with E-state index in [0.717, 1.165) is 12.8 Å². The van der Waals surface area contributed by atoms with Crippen molar-refractivity contribution >= 4 is 23.2 Å². The van der Waals surface area contributed by atoms with Crippen LogP contribution in [0, 0.1) is 17.7 Å². The summed E-state index contributed by atoms with van der Waals surface area (Å²) in [6.07, 6.45) is 1.90. The van der Waals surface area contributed by atoms with Gasteiger partial charge < -0.3 is 26.2 Å². The van der Waals surface area contributed by atoms with Gasteiger partial charge in [0.2, 0.25) is 5.78 Å². The van der Waals surface area contributed by atoms with E-state index in [1.807, 2.05) is 6.92 Å². The number of primary amides is 1. The standard InChI is InChI=1S/C27H32FN3O7/c1-4-31(13-5-6-13)10-12-9-16(32)18-14(20(12)28)7-11-8-15-21(30(2)3)23(34)19(26(29)37)25(36)27(15,38)24(35)17(11)22(18)33/h9,11,13,15,21,32-33,36,38H,4-8,10H2,1-3H3,(H2,29,37)/t11-,15-,21-,27-/m0/s1. The number of phenolic OH excluding ortho intramolecular Hbond substituents is 1. The lowest BCUT2D eigenvalue weighted by Crippen LogP contribution is -2.65. The number of aliphatic hydroxyl groups is 3. The number of Topliss-reactive ketones (excluding diaryl/α,β-unsaturated/α-hetero) is 2. The van der Waals surface area contributed by atoms with Crippen LogP contribution in [0.3, 0.4) is 0 Å². The Bertz CT molecular complexity index is 1330. The predicted molar refractivity (Wildman–Crippen MR) is 133 cm³/mol. The lowest BCUT2D eigenvalue weighted by atomic mass is 9.57. The van der Waals surface area contributed by atoms with Crippen molar-refractivity contribution in [1.82, 2.24) is 9.80 Å². The molecule has 4 aliphatic carbocycles. The van der Waals surface area contributed by atoms with Crippen LogP contribution in [0.2, 0.25) is 0 Å². The number of ketones is 2. The number of phenols is 1. The van der Waals surface area contributed by atoms with Crippen LogP contribution in [-0.2, 0) is 27.3 Å². The van der Waals surface area contributed by atoms with Gasteiger partial charge in [0.15, 0.2) is 11.4 Å². The number of fused-ring (bicyclic) bond motifs is 3. The minimum Gasteiger partial charge on any atom is -0.508 e. The van der Waals surface area contributed by atoms with Crippen molar-refractivity contribution in [1.29, 1.82) is 0 Å². The Labute approximate surface area is 218 Å². The fraction of sp³-hybridized carbons (Fsp3) is 0.519. The molecule has 0 bridgehead atoms. The number of benzene rings is 1. The van der Waals surface area contributed by atoms with Gasteiger partial charge in [-0.15, -0.1) is 0 Å². The number of aliphatic hydroxyl groups excluding tert-OH is 2. The predicted octanol–water partition coefficient (Wildman–Crippen LogP) is 1.09. The molecule has 0 radical (unpaired) electrons. The Balaban J connectivity index is 1.65. The maximum absolute atomic E-state index is 15.9. The fourth-order valence-electron chi connectivity index (χ4n) is 6.62. The van der Waals surface area contributed by atoms with Gasteiger partial charge in [-0.25, -0.2) is 4.39 Å². The first-order valence-electron chi connectivity index (χ1n) is 12.8. The normalized spacial score (nSPS) is 29.1. The third kappa shape index (κ3) is 3.59. The van der Waals surface area contributed by atoms with Crippen molar-refractivity contribution in [2.45, 2.75) is 56.8 Å². The number of hydrogen-bond donors (Lipinski definition) is 5. The number of carbonyl (C=O) groups excluding carboxylic acids is 3. The van der Waals surface area contributed by atoms with Crippen LogP contribution in [-0.4, -0.2) is 86.0 Å². The monoisotopic (exact) mass is 529 g/mol. The van der Waals surface area contributed by atoms with Crippen LogP contribution >= 0.6 is 0 Å². The minimum absolute atomic E-state index is 0.0532. The smallest absolute Gasteiger partial charge is 0.255 e. The average molecular weight is 530 g/mol. The summed E-state index contributed by atoms with van der Waals surface area (Å²) >= 11 is 0. The van der Waals surface area contributed by atoms with Crippen molar-refractivity contribution in [2.24, 2.45) is 17.6 Å². The number of halogens is 1. The molecule has 2 saturated carbocycles. The highest BCUT2D eigenvalue weighted by Crippen LogP contribution is 2.53. The second-order valence-electron chi connectivity index (χ2n) is 11.0. The minimum atomic E-state index is -2.72. The molecule has 0 aliphatic heterocycles. The molecule has 0 spiro atoms. The van der Waals surface area contributed by atoms with Crippen LogP contribution < -0.4 is 5.73 Å². The summed E-state index contributed by atoms with van der Waals surface area (Å²) in [6.45, 7) is 2.96. The van der Waals surface area contributed by atoms with E-state index in [0.29, 0.717) is 12.6 Å². The number of hydrogen-bond acceptors (Lipinski definition) is 9. The summed E-state index contributed by atoms with van der Waals surface area (Å²) in [5, 5.41) is 44.5. The summed E-state index contributed by atoms with van der Waals surface area (Å²) in [5.74, 6) is -8.10. The molecule has 10 nitrogen and oxygen atoms in total. The first-order valence-corrected chi connectivity index (χ1v) is 12.8. The lowest BCUT2D eigenvalue weighted by Gasteiger charge is -2.50. The van der Waals surface area contributed by atoms with Gasteiger partial charge in [0.25, 0.3) is 5.91 Å². The van der Waals surface area contributed by atoms with Crippen LogP contribution in [0.4, 0.5) is 4.39 Å². The molecule has 4 atom stereocenters. The van der Waals surface area contributed by atoms with E-state index in [1.165, 1.54) is 25.1 Å². The summed E-state index contributed by atoms with van der Waals surface area (Å²) in [5.41, 5.74) is 1.52. The van der Waals surface area contributed by atoms with Gasteiger partial charge in [-0.2, -0.15) is 0 Å². The molecule has 0 aromatic heterocycles. The van der Waals surface area contributed by atoms with Crippen LogP contribution in [0.1, 0.15) is 42.9 Å². The van der Waals surface area contributed by atoms with Gasteiger partial charge in [0, 0.05) is 35.2 Å². The van der Waals surface area contributed by atoms with Crippen molar-refractivity contribution in [2.75, 3.05) is 20.6 Å². The van der Waals surface area contributed by atoms with E-state index in [4.69, 9.17) is 5.73 Å². The van der Waals surface area contributed by atoms with Gasteiger partial charge in [-0.05, 0) is 58.3 Å². The van der Waals surface area contributed by atoms with E-state index in [-0.39, 0.29) is 41.6 Å². The Kier molecular flexibility index (Phi) is 6.16. The van der Waals surface area contributed by atoms with E-state index in [9.17, 15) is 34.8 Å². The molecule has 5 rings (SSSR count). The van der Waals surface area contributed by atoms with Gasteiger partial charge in [-0.3, -0.25) is 24.2 Å². The second kappa shape index (κ2) is 8.89. The van der Waals surface area contributed by atoms with Gasteiger partial charge in [-0.1, -0.05) is 6.92 Å². The van der Waals surface area contributed by atoms with Crippen molar-refractivity contribution in [3.63, 3.8) is 0 Å². The van der Waals surface area contributed by atoms with Crippen molar-refractivity contribution < 1.29 is 39.2 Å². The number of nitrogens with zero attached hydrogens (tertiary/aromatic N) is 2. The Hall–Kier alpha value is -3.28. The highest BCUT2D eigenvalue weighted by Gasteiger charge is 2.64. The number of nitrogens with two attached hydrogens (primary N) is 1. The quantitative estimate of drug-likeness (QED) is 0.339. The Morgan fingerprint density at radius 3 is 2.42 bits per heavy atom. The summed E-state index contributed by atoms with van der Waals surface area (Å²) < 4.78 is 15.9. The first kappa shape index (κ1) is 26.3. The largest absolute Gasteiger partial charge is 0.508 e. The lowest BCUT2D eigenvalue weighted by molar-refractivity contribution is -0.153. The summed E-state index contributed by atoms with van der Waals surface area (Å²) in [6, 6.07) is 0.419. The highest BCUT2D eigenvalue weighted by molar-refractivity contribution is 6.24. The number of aromatic hydroxyl groups is 1. The molecule has 4 aliphatic rings. The van der Waals surface area contributed by atoms with Crippen molar-refractivity contribution in [3.05, 3.63) is 45.5 Å². The zero-order chi connectivity index (χ0) is 27.8. The van der Waals surface area contributed by atoms with E-state index in [2.05, 4.69) is 4.90 Å². The fourth-order valence-corrected chi connectivity index (χ4v) is 6.62. The molecule has 0 saturated heterocycles. The number of carbonyl (C=O) groups is 3. The van der Waals surface area contributed by atoms with Gasteiger partial charge in [0.1, 0.15) is 28.7 Å².